The zero-order chi connectivity index (χ0) is 15.4. The molecule has 0 spiro atoms. The summed E-state index contributed by atoms with van der Waals surface area (Å²) in [6.45, 7) is -0.127. The van der Waals surface area contributed by atoms with E-state index in [0.29, 0.717) is 10.0 Å². The molecule has 0 aliphatic rings. The van der Waals surface area contributed by atoms with Crippen molar-refractivity contribution in [2.75, 3.05) is 0 Å². The molecule has 2 aromatic rings. The minimum absolute atomic E-state index is 0.0587. The minimum atomic E-state index is -1.18. The quantitative estimate of drug-likeness (QED) is 0.655. The Labute approximate surface area is 127 Å². The van der Waals surface area contributed by atoms with Gasteiger partial charge in [-0.2, -0.15) is 0 Å². The predicted octanol–water partition coefficient (Wildman–Crippen LogP) is 3.03. The van der Waals surface area contributed by atoms with E-state index in [2.05, 4.69) is 20.9 Å². The van der Waals surface area contributed by atoms with Crippen molar-refractivity contribution in [3.05, 3.63) is 62.4 Å². The normalized spacial score (nSPS) is 10.1. The molecule has 21 heavy (non-hydrogen) atoms. The molecule has 8 heteroatoms. The molecule has 0 aliphatic carbocycles. The van der Waals surface area contributed by atoms with E-state index in [1.165, 1.54) is 18.3 Å². The Kier molecular flexibility index (Phi) is 4.49. The van der Waals surface area contributed by atoms with Crippen LogP contribution >= 0.6 is 15.9 Å². The van der Waals surface area contributed by atoms with E-state index in [-0.39, 0.29) is 23.7 Å². The lowest BCUT2D eigenvalue weighted by Crippen LogP contribution is -2.08. The third-order valence-corrected chi connectivity index (χ3v) is 3.09. The molecule has 0 bridgehead atoms. The lowest BCUT2D eigenvalue weighted by atomic mass is 10.2. The van der Waals surface area contributed by atoms with Crippen molar-refractivity contribution in [3.63, 3.8) is 0 Å². The topological polar surface area (TPSA) is 103 Å². The summed E-state index contributed by atoms with van der Waals surface area (Å²) < 4.78 is 5.91. The van der Waals surface area contributed by atoms with Crippen LogP contribution in [0.1, 0.15) is 16.1 Å². The molecular weight excluding hydrogens is 344 g/mol. The number of carbonyl (C=O) groups is 1. The highest BCUT2D eigenvalue weighted by Gasteiger charge is 2.17. The van der Waals surface area contributed by atoms with Crippen molar-refractivity contribution >= 4 is 27.6 Å². The molecule has 0 unspecified atom stereocenters. The molecule has 0 atom stereocenters. The average molecular weight is 353 g/mol. The summed E-state index contributed by atoms with van der Waals surface area (Å²) in [6, 6.07) is 7.47. The van der Waals surface area contributed by atoms with Gasteiger partial charge in [-0.05, 0) is 18.2 Å². The Morgan fingerprint density at radius 2 is 2.19 bits per heavy atom. The van der Waals surface area contributed by atoms with Crippen LogP contribution in [0.4, 0.5) is 5.69 Å². The maximum absolute atomic E-state index is 11.0. The zero-order valence-corrected chi connectivity index (χ0v) is 12.1. The van der Waals surface area contributed by atoms with E-state index >= 15 is 0 Å². The number of carboxylic acids is 1. The molecule has 0 saturated heterocycles. The van der Waals surface area contributed by atoms with Gasteiger partial charge in [-0.3, -0.25) is 10.1 Å². The third-order valence-electron chi connectivity index (χ3n) is 2.59. The van der Waals surface area contributed by atoms with E-state index in [1.807, 2.05) is 0 Å². The van der Waals surface area contributed by atoms with Crippen molar-refractivity contribution in [3.8, 4) is 5.75 Å². The van der Waals surface area contributed by atoms with Crippen LogP contribution in [-0.4, -0.2) is 21.0 Å². The minimum Gasteiger partial charge on any atom is -0.482 e. The van der Waals surface area contributed by atoms with Crippen LogP contribution in [0.5, 0.6) is 5.75 Å². The Morgan fingerprint density at radius 3 is 2.86 bits per heavy atom. The molecule has 0 fully saturated rings. The Bertz CT molecular complexity index is 705. The second-order valence-corrected chi connectivity index (χ2v) is 4.89. The second-order valence-electron chi connectivity index (χ2n) is 3.97. The molecule has 108 valence electrons. The largest absolute Gasteiger partial charge is 0.482 e. The summed E-state index contributed by atoms with van der Waals surface area (Å²) in [5, 5.41) is 20.0. The number of rotatable bonds is 5. The highest BCUT2D eigenvalue weighted by atomic mass is 79.9. The van der Waals surface area contributed by atoms with E-state index in [9.17, 15) is 14.9 Å². The van der Waals surface area contributed by atoms with Gasteiger partial charge in [0.1, 0.15) is 6.61 Å². The van der Waals surface area contributed by atoms with Crippen molar-refractivity contribution < 1.29 is 19.6 Å². The molecule has 1 N–H and O–H groups in total. The molecule has 2 rings (SSSR count). The monoisotopic (exact) mass is 352 g/mol. The van der Waals surface area contributed by atoms with Gasteiger partial charge < -0.3 is 9.84 Å². The van der Waals surface area contributed by atoms with Gasteiger partial charge in [0.05, 0.1) is 4.92 Å². The summed E-state index contributed by atoms with van der Waals surface area (Å²) >= 11 is 3.14. The number of pyridine rings is 1. The summed E-state index contributed by atoms with van der Waals surface area (Å²) in [7, 11) is 0. The standard InChI is InChI=1S/C13H9BrN2O5/c14-9-3-4-11(10(6-9)16(19)20)21-7-8-2-1-5-15-12(8)13(17)18/h1-6H,7H2,(H,17,18). The predicted molar refractivity (Wildman–Crippen MR) is 76.3 cm³/mol. The lowest BCUT2D eigenvalue weighted by molar-refractivity contribution is -0.386. The molecule has 0 aliphatic heterocycles. The van der Waals surface area contributed by atoms with Crippen LogP contribution in [0, 0.1) is 10.1 Å². The van der Waals surface area contributed by atoms with Crippen LogP contribution in [-0.2, 0) is 6.61 Å². The number of benzene rings is 1. The van der Waals surface area contributed by atoms with Gasteiger partial charge in [-0.15, -0.1) is 0 Å². The molecule has 1 aromatic heterocycles. The summed E-state index contributed by atoms with van der Waals surface area (Å²) in [5.41, 5.74) is -0.00961. The third kappa shape index (κ3) is 3.54. The van der Waals surface area contributed by atoms with Crippen molar-refractivity contribution in [1.82, 2.24) is 4.98 Å². The zero-order valence-electron chi connectivity index (χ0n) is 10.5. The number of aromatic carboxylic acids is 1. The summed E-state index contributed by atoms with van der Waals surface area (Å²) in [4.78, 5) is 25.2. The first-order valence-electron chi connectivity index (χ1n) is 5.73. The highest BCUT2D eigenvalue weighted by molar-refractivity contribution is 9.10. The Hall–Kier alpha value is -2.48. The van der Waals surface area contributed by atoms with Crippen molar-refractivity contribution in [2.45, 2.75) is 6.61 Å². The average Bonchev–Trinajstić information content (AvgIpc) is 2.46. The smallest absolute Gasteiger partial charge is 0.354 e. The second kappa shape index (κ2) is 6.31. The van der Waals surface area contributed by atoms with Gasteiger partial charge in [-0.25, -0.2) is 9.78 Å². The number of aromatic nitrogens is 1. The number of halogens is 1. The fourth-order valence-electron chi connectivity index (χ4n) is 1.66. The molecule has 0 amide bonds. The van der Waals surface area contributed by atoms with Gasteiger partial charge >= 0.3 is 11.7 Å². The summed E-state index contributed by atoms with van der Waals surface area (Å²) in [6.07, 6.45) is 1.36. The Balaban J connectivity index is 2.25. The number of ether oxygens (including phenoxy) is 1. The van der Waals surface area contributed by atoms with Crippen molar-refractivity contribution in [2.24, 2.45) is 0 Å². The molecule has 1 heterocycles. The SMILES string of the molecule is O=C(O)c1ncccc1COc1ccc(Br)cc1[N+](=O)[O-]. The molecule has 0 radical (unpaired) electrons. The van der Waals surface area contributed by atoms with Gasteiger partial charge in [0.25, 0.3) is 0 Å². The van der Waals surface area contributed by atoms with E-state index < -0.39 is 10.9 Å². The van der Waals surface area contributed by atoms with Crippen LogP contribution in [0.2, 0.25) is 0 Å². The van der Waals surface area contributed by atoms with Crippen LogP contribution in [0.25, 0.3) is 0 Å². The number of nitrogens with zero attached hydrogens (tertiary/aromatic N) is 2. The van der Waals surface area contributed by atoms with Crippen molar-refractivity contribution in [1.29, 1.82) is 0 Å². The number of hydrogen-bond donors (Lipinski definition) is 1. The first-order valence-corrected chi connectivity index (χ1v) is 6.52. The van der Waals surface area contributed by atoms with Crippen LogP contribution in [0.3, 0.4) is 0 Å². The van der Waals surface area contributed by atoms with E-state index in [0.717, 1.165) is 0 Å². The molecule has 7 nitrogen and oxygen atoms in total. The van der Waals surface area contributed by atoms with Crippen LogP contribution < -0.4 is 4.74 Å². The van der Waals surface area contributed by atoms with Gasteiger partial charge in [0.2, 0.25) is 0 Å². The number of hydrogen-bond acceptors (Lipinski definition) is 5. The fraction of sp³-hybridized carbons (Fsp3) is 0.0769. The maximum atomic E-state index is 11.0. The number of nitro benzene ring substituents is 1. The number of carboxylic acid groups (broad SMARTS) is 1. The van der Waals surface area contributed by atoms with Gasteiger partial charge in [0, 0.05) is 22.3 Å². The van der Waals surface area contributed by atoms with E-state index in [1.54, 1.807) is 18.2 Å². The fourth-order valence-corrected chi connectivity index (χ4v) is 2.01. The van der Waals surface area contributed by atoms with Gasteiger partial charge in [-0.1, -0.05) is 22.0 Å². The molecule has 0 saturated carbocycles. The highest BCUT2D eigenvalue weighted by Crippen LogP contribution is 2.30. The van der Waals surface area contributed by atoms with E-state index in [4.69, 9.17) is 9.84 Å². The lowest BCUT2D eigenvalue weighted by Gasteiger charge is -2.08. The first-order chi connectivity index (χ1) is 9.99. The molecular formula is C13H9BrN2O5. The van der Waals surface area contributed by atoms with Crippen LogP contribution in [0.15, 0.2) is 41.0 Å². The summed E-state index contributed by atoms with van der Waals surface area (Å²) in [5.74, 6) is -1.12. The number of nitro groups is 1. The maximum Gasteiger partial charge on any atom is 0.354 e. The molecule has 1 aromatic carbocycles. The first kappa shape index (κ1) is 14.9. The Morgan fingerprint density at radius 1 is 1.43 bits per heavy atom. The van der Waals surface area contributed by atoms with Gasteiger partial charge in [0.15, 0.2) is 11.4 Å².